The van der Waals surface area contributed by atoms with E-state index in [0.717, 1.165) is 6.07 Å². The average Bonchev–Trinajstić information content (AvgIpc) is 3.08. The largest absolute Gasteiger partial charge is 0.454 e. The van der Waals surface area contributed by atoms with Crippen LogP contribution in [-0.4, -0.2) is 17.6 Å². The van der Waals surface area contributed by atoms with Crippen LogP contribution >= 0.6 is 11.6 Å². The molecular formula is C17H10ClN3O5. The van der Waals surface area contributed by atoms with E-state index in [1.54, 1.807) is 24.3 Å². The summed E-state index contributed by atoms with van der Waals surface area (Å²) in [5, 5.41) is 22.5. The Kier molecular flexibility index (Phi) is 4.73. The molecule has 1 aliphatic heterocycles. The molecule has 1 aliphatic rings. The standard InChI is InChI=1S/C17H10ClN3O5/c18-13-3-2-12(7-14(13)21(23)24)20-17(22)11(8-19)5-10-1-4-15-16(6-10)26-9-25-15/h1-7H,9H2,(H,20,22). The molecule has 9 heteroatoms. The van der Waals surface area contributed by atoms with Gasteiger partial charge in [-0.05, 0) is 35.9 Å². The van der Waals surface area contributed by atoms with E-state index in [-0.39, 0.29) is 28.8 Å². The normalized spacial score (nSPS) is 12.4. The van der Waals surface area contributed by atoms with Gasteiger partial charge in [-0.3, -0.25) is 14.9 Å². The summed E-state index contributed by atoms with van der Waals surface area (Å²) in [6.45, 7) is 0.115. The molecule has 26 heavy (non-hydrogen) atoms. The van der Waals surface area contributed by atoms with Gasteiger partial charge in [-0.2, -0.15) is 5.26 Å². The number of rotatable bonds is 4. The monoisotopic (exact) mass is 371 g/mol. The molecule has 2 aromatic rings. The van der Waals surface area contributed by atoms with E-state index < -0.39 is 10.8 Å². The van der Waals surface area contributed by atoms with Gasteiger partial charge in [0, 0.05) is 11.8 Å². The lowest BCUT2D eigenvalue weighted by Gasteiger charge is -2.05. The molecule has 0 bridgehead atoms. The molecule has 0 fully saturated rings. The van der Waals surface area contributed by atoms with Crippen molar-refractivity contribution in [3.05, 3.63) is 62.7 Å². The molecule has 0 aromatic heterocycles. The molecule has 0 radical (unpaired) electrons. The molecule has 1 heterocycles. The second kappa shape index (κ2) is 7.13. The second-order valence-electron chi connectivity index (χ2n) is 5.16. The lowest BCUT2D eigenvalue weighted by atomic mass is 10.1. The van der Waals surface area contributed by atoms with Gasteiger partial charge in [0.2, 0.25) is 6.79 Å². The fraction of sp³-hybridized carbons (Fsp3) is 0.0588. The van der Waals surface area contributed by atoms with E-state index in [4.69, 9.17) is 21.1 Å². The molecule has 2 aromatic carbocycles. The minimum absolute atomic E-state index is 0.0515. The Balaban J connectivity index is 1.82. The molecule has 0 aliphatic carbocycles. The molecule has 3 rings (SSSR count). The predicted molar refractivity (Wildman–Crippen MR) is 92.9 cm³/mol. The Hall–Kier alpha value is -3.57. The highest BCUT2D eigenvalue weighted by Gasteiger charge is 2.17. The van der Waals surface area contributed by atoms with Crippen LogP contribution in [0, 0.1) is 21.4 Å². The van der Waals surface area contributed by atoms with E-state index >= 15 is 0 Å². The summed E-state index contributed by atoms with van der Waals surface area (Å²) < 4.78 is 10.4. The highest BCUT2D eigenvalue weighted by atomic mass is 35.5. The number of hydrogen-bond donors (Lipinski definition) is 1. The smallest absolute Gasteiger partial charge is 0.289 e. The molecule has 0 atom stereocenters. The summed E-state index contributed by atoms with van der Waals surface area (Å²) in [6.07, 6.45) is 1.38. The van der Waals surface area contributed by atoms with Crippen LogP contribution in [0.15, 0.2) is 42.0 Å². The Morgan fingerprint density at radius 1 is 1.27 bits per heavy atom. The number of carbonyl (C=O) groups excluding carboxylic acids is 1. The maximum atomic E-state index is 12.3. The fourth-order valence-corrected chi connectivity index (χ4v) is 2.43. The first-order valence-corrected chi connectivity index (χ1v) is 7.62. The van der Waals surface area contributed by atoms with Crippen molar-refractivity contribution in [1.29, 1.82) is 5.26 Å². The fourth-order valence-electron chi connectivity index (χ4n) is 2.25. The predicted octanol–water partition coefficient (Wildman–Crippen LogP) is 3.52. The van der Waals surface area contributed by atoms with Gasteiger partial charge in [-0.1, -0.05) is 17.7 Å². The number of halogens is 1. The van der Waals surface area contributed by atoms with Crippen molar-refractivity contribution < 1.29 is 19.2 Å². The molecule has 130 valence electrons. The van der Waals surface area contributed by atoms with Crippen molar-refractivity contribution >= 4 is 35.0 Å². The number of amides is 1. The number of benzene rings is 2. The maximum absolute atomic E-state index is 12.3. The summed E-state index contributed by atoms with van der Waals surface area (Å²) in [5.41, 5.74) is 0.199. The average molecular weight is 372 g/mol. The molecule has 1 amide bonds. The van der Waals surface area contributed by atoms with Crippen LogP contribution in [0.1, 0.15) is 5.56 Å². The summed E-state index contributed by atoms with van der Waals surface area (Å²) in [6, 6.07) is 10.6. The molecular weight excluding hydrogens is 362 g/mol. The van der Waals surface area contributed by atoms with Crippen molar-refractivity contribution in [3.8, 4) is 17.6 Å². The third-order valence-corrected chi connectivity index (χ3v) is 3.79. The Labute approximate surface area is 152 Å². The van der Waals surface area contributed by atoms with E-state index in [1.165, 1.54) is 18.2 Å². The van der Waals surface area contributed by atoms with Gasteiger partial charge in [-0.15, -0.1) is 0 Å². The number of ether oxygens (including phenoxy) is 2. The van der Waals surface area contributed by atoms with Crippen LogP contribution in [0.3, 0.4) is 0 Å². The van der Waals surface area contributed by atoms with Crippen molar-refractivity contribution in [2.45, 2.75) is 0 Å². The van der Waals surface area contributed by atoms with Gasteiger partial charge in [0.25, 0.3) is 11.6 Å². The number of nitro benzene ring substituents is 1. The minimum Gasteiger partial charge on any atom is -0.454 e. The van der Waals surface area contributed by atoms with Gasteiger partial charge >= 0.3 is 0 Å². The number of nitriles is 1. The lowest BCUT2D eigenvalue weighted by Crippen LogP contribution is -2.13. The van der Waals surface area contributed by atoms with Crippen LogP contribution in [-0.2, 0) is 4.79 Å². The molecule has 8 nitrogen and oxygen atoms in total. The lowest BCUT2D eigenvalue weighted by molar-refractivity contribution is -0.384. The zero-order chi connectivity index (χ0) is 18.7. The first-order valence-electron chi connectivity index (χ1n) is 7.24. The Morgan fingerprint density at radius 3 is 2.77 bits per heavy atom. The van der Waals surface area contributed by atoms with Gasteiger partial charge in [0.15, 0.2) is 11.5 Å². The van der Waals surface area contributed by atoms with Gasteiger partial charge in [0.05, 0.1) is 4.92 Å². The summed E-state index contributed by atoms with van der Waals surface area (Å²) in [4.78, 5) is 22.5. The van der Waals surface area contributed by atoms with Crippen LogP contribution in [0.25, 0.3) is 6.08 Å². The van der Waals surface area contributed by atoms with Crippen LogP contribution in [0.5, 0.6) is 11.5 Å². The third kappa shape index (κ3) is 3.58. The first kappa shape index (κ1) is 17.3. The topological polar surface area (TPSA) is 114 Å². The summed E-state index contributed by atoms with van der Waals surface area (Å²) in [7, 11) is 0. The van der Waals surface area contributed by atoms with Crippen molar-refractivity contribution in [2.24, 2.45) is 0 Å². The van der Waals surface area contributed by atoms with E-state index in [2.05, 4.69) is 5.32 Å². The molecule has 0 spiro atoms. The van der Waals surface area contributed by atoms with Crippen molar-refractivity contribution in [3.63, 3.8) is 0 Å². The number of nitro groups is 1. The summed E-state index contributed by atoms with van der Waals surface area (Å²) in [5.74, 6) is 0.394. The highest BCUT2D eigenvalue weighted by Crippen LogP contribution is 2.33. The van der Waals surface area contributed by atoms with E-state index in [1.807, 2.05) is 0 Å². The van der Waals surface area contributed by atoms with Crippen LogP contribution in [0.4, 0.5) is 11.4 Å². The van der Waals surface area contributed by atoms with Crippen molar-refractivity contribution in [2.75, 3.05) is 12.1 Å². The van der Waals surface area contributed by atoms with Crippen LogP contribution < -0.4 is 14.8 Å². The Bertz CT molecular complexity index is 981. The van der Waals surface area contributed by atoms with Crippen molar-refractivity contribution in [1.82, 2.24) is 0 Å². The Morgan fingerprint density at radius 2 is 2.04 bits per heavy atom. The van der Waals surface area contributed by atoms with E-state index in [9.17, 15) is 20.2 Å². The molecule has 0 saturated heterocycles. The quantitative estimate of drug-likeness (QED) is 0.380. The highest BCUT2D eigenvalue weighted by molar-refractivity contribution is 6.32. The second-order valence-corrected chi connectivity index (χ2v) is 5.57. The first-order chi connectivity index (χ1) is 12.5. The zero-order valence-corrected chi connectivity index (χ0v) is 13.8. The third-order valence-electron chi connectivity index (χ3n) is 3.47. The van der Waals surface area contributed by atoms with E-state index in [0.29, 0.717) is 17.1 Å². The number of nitrogens with one attached hydrogen (secondary N) is 1. The van der Waals surface area contributed by atoms with Gasteiger partial charge in [0.1, 0.15) is 16.7 Å². The minimum atomic E-state index is -0.707. The molecule has 1 N–H and O–H groups in total. The summed E-state index contributed by atoms with van der Waals surface area (Å²) >= 11 is 5.73. The number of hydrogen-bond acceptors (Lipinski definition) is 6. The van der Waals surface area contributed by atoms with Crippen LogP contribution in [0.2, 0.25) is 5.02 Å². The van der Waals surface area contributed by atoms with Gasteiger partial charge < -0.3 is 14.8 Å². The zero-order valence-electron chi connectivity index (χ0n) is 13.1. The number of anilines is 1. The number of fused-ring (bicyclic) bond motifs is 1. The maximum Gasteiger partial charge on any atom is 0.289 e. The molecule has 0 saturated carbocycles. The SMILES string of the molecule is N#CC(=Cc1ccc2c(c1)OCO2)C(=O)Nc1ccc(Cl)c([N+](=O)[O-])c1. The molecule has 0 unspecified atom stereocenters. The van der Waals surface area contributed by atoms with Gasteiger partial charge in [-0.25, -0.2) is 0 Å². The number of nitrogens with zero attached hydrogens (tertiary/aromatic N) is 2. The number of carbonyl (C=O) groups is 1.